The number of benzene rings is 1. The van der Waals surface area contributed by atoms with Crippen molar-refractivity contribution >= 4 is 53.7 Å². The van der Waals surface area contributed by atoms with Crippen molar-refractivity contribution in [1.29, 1.82) is 0 Å². The van der Waals surface area contributed by atoms with Gasteiger partial charge < -0.3 is 15.5 Å². The fourth-order valence-electron chi connectivity index (χ4n) is 5.83. The third-order valence-electron chi connectivity index (χ3n) is 8.27. The van der Waals surface area contributed by atoms with Gasteiger partial charge in [-0.3, -0.25) is 19.3 Å². The van der Waals surface area contributed by atoms with E-state index in [4.69, 9.17) is 0 Å². The van der Waals surface area contributed by atoms with Gasteiger partial charge in [0.25, 0.3) is 0 Å². The molecule has 2 heterocycles. The molecule has 1 aromatic rings. The van der Waals surface area contributed by atoms with Gasteiger partial charge in [-0.1, -0.05) is 70.4 Å². The Balaban J connectivity index is 0.00000462. The predicted molar refractivity (Wildman–Crippen MR) is 173 cm³/mol. The lowest BCUT2D eigenvalue weighted by molar-refractivity contribution is -0.144. The first-order valence-corrected chi connectivity index (χ1v) is 17.3. The highest BCUT2D eigenvalue weighted by Crippen LogP contribution is 2.29. The second-order valence-corrected chi connectivity index (χ2v) is 14.8. The molecule has 2 saturated heterocycles. The Labute approximate surface area is 261 Å². The maximum absolute atomic E-state index is 13.6. The van der Waals surface area contributed by atoms with Gasteiger partial charge in [0.1, 0.15) is 12.1 Å². The van der Waals surface area contributed by atoms with Crippen LogP contribution in [0.25, 0.3) is 0 Å². The summed E-state index contributed by atoms with van der Waals surface area (Å²) in [5, 5.41) is 6.34. The summed E-state index contributed by atoms with van der Waals surface area (Å²) in [6.45, 7) is 8.47. The number of piperidine rings is 1. The minimum atomic E-state index is -0.597. The van der Waals surface area contributed by atoms with Gasteiger partial charge in [0.2, 0.25) is 17.7 Å². The summed E-state index contributed by atoms with van der Waals surface area (Å²) >= 11 is 3.38. The first-order chi connectivity index (χ1) is 19.2. The molecule has 2 aliphatic heterocycles. The molecule has 0 unspecified atom stereocenters. The van der Waals surface area contributed by atoms with Gasteiger partial charge in [0.05, 0.1) is 5.88 Å². The third-order valence-corrected chi connectivity index (χ3v) is 10.6. The molecular weight excluding hydrogens is 576 g/mol. The van der Waals surface area contributed by atoms with Crippen molar-refractivity contribution < 1.29 is 14.4 Å². The minimum Gasteiger partial charge on any atom is -0.351 e. The van der Waals surface area contributed by atoms with Gasteiger partial charge in [-0.05, 0) is 42.9 Å². The number of hydrogen-bond acceptors (Lipinski definition) is 6. The molecule has 41 heavy (non-hydrogen) atoms. The second kappa shape index (κ2) is 16.4. The number of amides is 3. The summed E-state index contributed by atoms with van der Waals surface area (Å²) in [5.41, 5.74) is 0.762. The van der Waals surface area contributed by atoms with Crippen LogP contribution in [0.3, 0.4) is 0 Å². The highest BCUT2D eigenvalue weighted by atomic mass is 35.5. The van der Waals surface area contributed by atoms with Crippen LogP contribution in [0.2, 0.25) is 0 Å². The van der Waals surface area contributed by atoms with Crippen molar-refractivity contribution in [3.63, 3.8) is 0 Å². The Hall–Kier alpha value is -1.42. The fourth-order valence-corrected chi connectivity index (χ4v) is 8.25. The number of thioether (sulfide) groups is 2. The smallest absolute Gasteiger partial charge is 0.244 e. The van der Waals surface area contributed by atoms with E-state index in [1.54, 1.807) is 28.4 Å². The summed E-state index contributed by atoms with van der Waals surface area (Å²) in [7, 11) is 0. The molecule has 0 spiro atoms. The number of hydrogen-bond donors (Lipinski definition) is 2. The van der Waals surface area contributed by atoms with Crippen LogP contribution in [0.1, 0.15) is 71.3 Å². The van der Waals surface area contributed by atoms with E-state index in [0.717, 1.165) is 38.2 Å². The van der Waals surface area contributed by atoms with Crippen LogP contribution in [0, 0.1) is 11.3 Å². The van der Waals surface area contributed by atoms with Crippen molar-refractivity contribution in [3.05, 3.63) is 35.9 Å². The van der Waals surface area contributed by atoms with Gasteiger partial charge in [0.15, 0.2) is 0 Å². The number of rotatable bonds is 10. The molecule has 1 aliphatic carbocycles. The fraction of sp³-hybridized carbons (Fsp3) is 0.710. The molecule has 4 rings (SSSR count). The van der Waals surface area contributed by atoms with Crippen LogP contribution < -0.4 is 10.6 Å². The first-order valence-electron chi connectivity index (χ1n) is 15.0. The topological polar surface area (TPSA) is 81.8 Å². The number of halogens is 1. The van der Waals surface area contributed by atoms with Crippen molar-refractivity contribution in [2.45, 2.75) is 90.4 Å². The molecule has 1 saturated carbocycles. The monoisotopic (exact) mass is 624 g/mol. The van der Waals surface area contributed by atoms with Crippen molar-refractivity contribution in [3.8, 4) is 0 Å². The molecule has 1 aromatic carbocycles. The highest BCUT2D eigenvalue weighted by Gasteiger charge is 2.40. The van der Waals surface area contributed by atoms with Crippen LogP contribution in [-0.4, -0.2) is 81.9 Å². The summed E-state index contributed by atoms with van der Waals surface area (Å²) in [6.07, 6.45) is 8.26. The van der Waals surface area contributed by atoms with E-state index in [2.05, 4.69) is 39.8 Å². The van der Waals surface area contributed by atoms with Crippen LogP contribution in [0.5, 0.6) is 0 Å². The summed E-state index contributed by atoms with van der Waals surface area (Å²) in [6, 6.07) is 9.49. The van der Waals surface area contributed by atoms with Gasteiger partial charge in [-0.2, -0.15) is 11.8 Å². The number of carbonyl (C=O) groups excluding carboxylic acids is 3. The maximum Gasteiger partial charge on any atom is 0.244 e. The molecule has 7 nitrogen and oxygen atoms in total. The quantitative estimate of drug-likeness (QED) is 0.384. The van der Waals surface area contributed by atoms with Crippen LogP contribution in [0.15, 0.2) is 30.3 Å². The number of likely N-dealkylation sites (tertiary alicyclic amines) is 1. The molecule has 2 atom stereocenters. The Morgan fingerprint density at radius 3 is 2.37 bits per heavy atom. The van der Waals surface area contributed by atoms with E-state index < -0.39 is 17.5 Å². The number of carbonyl (C=O) groups is 3. The SMILES string of the molecule is CC(C)(C)C(=O)N1CSC[C@H]1C(=O)N[C@@H](CSCC1CCCCC1)C(=O)NC1CCN(Cc2ccccc2)CC1.Cl. The second-order valence-electron chi connectivity index (χ2n) is 12.7. The van der Waals surface area contributed by atoms with E-state index in [1.165, 1.54) is 37.7 Å². The first kappa shape index (κ1) is 34.1. The van der Waals surface area contributed by atoms with E-state index in [-0.39, 0.29) is 36.2 Å². The normalized spacial score (nSPS) is 21.6. The molecule has 0 aromatic heterocycles. The van der Waals surface area contributed by atoms with Gasteiger partial charge in [-0.25, -0.2) is 0 Å². The van der Waals surface area contributed by atoms with Gasteiger partial charge in [0, 0.05) is 42.6 Å². The van der Waals surface area contributed by atoms with Crippen LogP contribution in [0.4, 0.5) is 0 Å². The Morgan fingerprint density at radius 1 is 1.02 bits per heavy atom. The predicted octanol–water partition coefficient (Wildman–Crippen LogP) is 4.93. The highest BCUT2D eigenvalue weighted by molar-refractivity contribution is 7.99. The molecule has 3 aliphatic rings. The van der Waals surface area contributed by atoms with E-state index >= 15 is 0 Å². The van der Waals surface area contributed by atoms with Crippen molar-refractivity contribution in [1.82, 2.24) is 20.4 Å². The molecule has 3 amide bonds. The molecule has 0 radical (unpaired) electrons. The lowest BCUT2D eigenvalue weighted by Gasteiger charge is -2.34. The summed E-state index contributed by atoms with van der Waals surface area (Å²) in [4.78, 5) is 44.1. The Morgan fingerprint density at radius 2 is 1.71 bits per heavy atom. The largest absolute Gasteiger partial charge is 0.351 e. The maximum atomic E-state index is 13.6. The zero-order valence-corrected chi connectivity index (χ0v) is 27.4. The molecule has 3 fully saturated rings. The third kappa shape index (κ3) is 10.4. The molecule has 0 bridgehead atoms. The molecule has 10 heteroatoms. The molecular formula is C31H49ClN4O3S2. The lowest BCUT2D eigenvalue weighted by atomic mass is 9.91. The van der Waals surface area contributed by atoms with Crippen LogP contribution in [-0.2, 0) is 20.9 Å². The molecule has 2 N–H and O–H groups in total. The average molecular weight is 625 g/mol. The zero-order chi connectivity index (χ0) is 28.5. The van der Waals surface area contributed by atoms with E-state index in [1.807, 2.05) is 26.8 Å². The van der Waals surface area contributed by atoms with Gasteiger partial charge in [-0.15, -0.1) is 24.2 Å². The van der Waals surface area contributed by atoms with Crippen molar-refractivity contribution in [2.75, 3.05) is 36.2 Å². The average Bonchev–Trinajstić information content (AvgIpc) is 3.44. The number of nitrogens with one attached hydrogen (secondary N) is 2. The van der Waals surface area contributed by atoms with E-state index in [0.29, 0.717) is 23.3 Å². The van der Waals surface area contributed by atoms with Crippen LogP contribution >= 0.6 is 35.9 Å². The number of nitrogens with zero attached hydrogens (tertiary/aromatic N) is 2. The Bertz CT molecular complexity index is 979. The van der Waals surface area contributed by atoms with Crippen molar-refractivity contribution in [2.24, 2.45) is 11.3 Å². The lowest BCUT2D eigenvalue weighted by Crippen LogP contribution is -2.57. The standard InChI is InChI=1S/C31H48N4O3S2.ClH/c1-31(2,3)30(38)35-22-40-21-27(35)29(37)33-26(20-39-19-24-12-8-5-9-13-24)28(36)32-25-14-16-34(17-15-25)18-23-10-6-4-7-11-23;/h4,6-7,10-11,24-27H,5,8-9,12-22H2,1-3H3,(H,32,36)(H,33,37);1H/t26-,27-;/m0./s1. The summed E-state index contributed by atoms with van der Waals surface area (Å²) < 4.78 is 0. The zero-order valence-electron chi connectivity index (χ0n) is 24.9. The molecule has 230 valence electrons. The van der Waals surface area contributed by atoms with E-state index in [9.17, 15) is 14.4 Å². The minimum absolute atomic E-state index is 0. The summed E-state index contributed by atoms with van der Waals surface area (Å²) in [5.74, 6) is 3.06. The van der Waals surface area contributed by atoms with Gasteiger partial charge >= 0.3 is 0 Å². The Kier molecular flexibility index (Phi) is 13.7.